The fourth-order valence-corrected chi connectivity index (χ4v) is 2.40. The molecule has 18 heavy (non-hydrogen) atoms. The number of carbonyl (C=O) groups excluding carboxylic acids is 1. The zero-order valence-corrected chi connectivity index (χ0v) is 11.2. The topological polar surface area (TPSA) is 46.5 Å². The molecule has 0 aliphatic carbocycles. The Morgan fingerprint density at radius 3 is 2.61 bits per heavy atom. The molecule has 0 spiro atoms. The first-order valence-corrected chi connectivity index (χ1v) is 6.69. The molecule has 3 nitrogen and oxygen atoms in total. The van der Waals surface area contributed by atoms with Crippen molar-refractivity contribution in [1.29, 1.82) is 0 Å². The molecule has 0 fully saturated rings. The molecular weight excluding hydrogens is 255 g/mol. The van der Waals surface area contributed by atoms with E-state index in [0.29, 0.717) is 5.75 Å². The van der Waals surface area contributed by atoms with Gasteiger partial charge in [0.1, 0.15) is 5.82 Å². The molecule has 0 heterocycles. The Hall–Kier alpha value is -1.07. The molecule has 1 N–H and O–H groups in total. The van der Waals surface area contributed by atoms with E-state index < -0.39 is 12.1 Å². The maximum absolute atomic E-state index is 12.7. The van der Waals surface area contributed by atoms with Crippen LogP contribution in [0.3, 0.4) is 0 Å². The van der Waals surface area contributed by atoms with E-state index in [0.717, 1.165) is 5.56 Å². The number of methoxy groups -OCH3 is 1. The third-order valence-corrected chi connectivity index (χ3v) is 3.86. The molecule has 0 saturated heterocycles. The van der Waals surface area contributed by atoms with Gasteiger partial charge in [0.15, 0.2) is 0 Å². The van der Waals surface area contributed by atoms with E-state index in [1.54, 1.807) is 12.1 Å². The summed E-state index contributed by atoms with van der Waals surface area (Å²) in [7, 11) is 1.29. The number of carbonyl (C=O) groups is 1. The van der Waals surface area contributed by atoms with Crippen LogP contribution in [0.2, 0.25) is 0 Å². The Morgan fingerprint density at radius 1 is 1.44 bits per heavy atom. The number of ether oxygens (including phenoxy) is 1. The number of benzene rings is 1. The largest absolute Gasteiger partial charge is 0.469 e. The molecule has 1 unspecified atom stereocenters. The number of esters is 1. The van der Waals surface area contributed by atoms with Gasteiger partial charge in [-0.15, -0.1) is 0 Å². The van der Waals surface area contributed by atoms with Gasteiger partial charge < -0.3 is 9.84 Å². The van der Waals surface area contributed by atoms with Gasteiger partial charge in [-0.2, -0.15) is 11.8 Å². The highest BCUT2D eigenvalue weighted by Gasteiger charge is 2.14. The Labute approximate surface area is 110 Å². The van der Waals surface area contributed by atoms with Crippen molar-refractivity contribution in [2.24, 2.45) is 0 Å². The molecule has 1 aromatic rings. The minimum Gasteiger partial charge on any atom is -0.469 e. The van der Waals surface area contributed by atoms with E-state index in [-0.39, 0.29) is 17.5 Å². The molecule has 100 valence electrons. The molecule has 0 saturated carbocycles. The standard InChI is InChI=1S/C13H17FO3S/c1-9(10-3-5-11(14)6-4-10)18-8-12(15)7-13(16)17-2/h3-6,9,12,15H,7-8H2,1-2H3/t9?,12-/m1/s1. The molecular formula is C13H17FO3S. The van der Waals surface area contributed by atoms with Gasteiger partial charge in [0.25, 0.3) is 0 Å². The second-order valence-electron chi connectivity index (χ2n) is 3.96. The summed E-state index contributed by atoms with van der Waals surface area (Å²) in [6, 6.07) is 6.27. The maximum Gasteiger partial charge on any atom is 0.308 e. The van der Waals surface area contributed by atoms with E-state index in [9.17, 15) is 14.3 Å². The Bertz CT molecular complexity index is 380. The molecule has 0 radical (unpaired) electrons. The average molecular weight is 272 g/mol. The summed E-state index contributed by atoms with van der Waals surface area (Å²) in [5.41, 5.74) is 0.992. The number of aliphatic hydroxyl groups excluding tert-OH is 1. The van der Waals surface area contributed by atoms with E-state index in [2.05, 4.69) is 4.74 Å². The number of hydrogen-bond donors (Lipinski definition) is 1. The molecule has 1 rings (SSSR count). The summed E-state index contributed by atoms with van der Waals surface area (Å²) in [5.74, 6) is -0.243. The first-order chi connectivity index (χ1) is 8.52. The van der Waals surface area contributed by atoms with Crippen molar-refractivity contribution in [3.05, 3.63) is 35.6 Å². The normalized spacial score (nSPS) is 14.0. The van der Waals surface area contributed by atoms with Crippen LogP contribution >= 0.6 is 11.8 Å². The fourth-order valence-electron chi connectivity index (χ4n) is 1.42. The first kappa shape index (κ1) is 15.0. The van der Waals surface area contributed by atoms with Crippen molar-refractivity contribution in [1.82, 2.24) is 0 Å². The van der Waals surface area contributed by atoms with Crippen LogP contribution in [0.1, 0.15) is 24.2 Å². The van der Waals surface area contributed by atoms with Crippen LogP contribution < -0.4 is 0 Å². The van der Waals surface area contributed by atoms with E-state index in [4.69, 9.17) is 0 Å². The molecule has 0 aliphatic heterocycles. The van der Waals surface area contributed by atoms with E-state index >= 15 is 0 Å². The van der Waals surface area contributed by atoms with E-state index in [1.807, 2.05) is 6.92 Å². The third-order valence-electron chi connectivity index (χ3n) is 2.51. The summed E-state index contributed by atoms with van der Waals surface area (Å²) in [5, 5.41) is 9.75. The van der Waals surface area contributed by atoms with Crippen LogP contribution in [-0.2, 0) is 9.53 Å². The number of hydrogen-bond acceptors (Lipinski definition) is 4. The van der Waals surface area contributed by atoms with Gasteiger partial charge in [-0.1, -0.05) is 12.1 Å². The minimum absolute atomic E-state index is 0.000359. The van der Waals surface area contributed by atoms with Crippen LogP contribution in [0.15, 0.2) is 24.3 Å². The van der Waals surface area contributed by atoms with Crippen molar-refractivity contribution in [3.8, 4) is 0 Å². The maximum atomic E-state index is 12.7. The molecule has 2 atom stereocenters. The first-order valence-electron chi connectivity index (χ1n) is 5.65. The molecule has 0 bridgehead atoms. The highest BCUT2D eigenvalue weighted by Crippen LogP contribution is 2.28. The van der Waals surface area contributed by atoms with Crippen LogP contribution in [-0.4, -0.2) is 30.0 Å². The van der Waals surface area contributed by atoms with Gasteiger partial charge >= 0.3 is 5.97 Å². The Kier molecular flexibility index (Phi) is 6.15. The number of thioether (sulfide) groups is 1. The average Bonchev–Trinajstić information content (AvgIpc) is 2.36. The lowest BCUT2D eigenvalue weighted by atomic mass is 10.2. The molecule has 0 aromatic heterocycles. The van der Waals surface area contributed by atoms with Gasteiger partial charge in [-0.25, -0.2) is 4.39 Å². The number of rotatable bonds is 6. The summed E-state index contributed by atoms with van der Waals surface area (Å²) in [6.45, 7) is 1.97. The van der Waals surface area contributed by atoms with Crippen molar-refractivity contribution in [2.75, 3.05) is 12.9 Å². The van der Waals surface area contributed by atoms with Crippen LogP contribution in [0.4, 0.5) is 4.39 Å². The summed E-state index contributed by atoms with van der Waals surface area (Å²) < 4.78 is 17.2. The second kappa shape index (κ2) is 7.38. The summed E-state index contributed by atoms with van der Waals surface area (Å²) >= 11 is 1.52. The Morgan fingerprint density at radius 2 is 2.06 bits per heavy atom. The van der Waals surface area contributed by atoms with Gasteiger partial charge in [-0.05, 0) is 24.6 Å². The van der Waals surface area contributed by atoms with Crippen LogP contribution in [0.25, 0.3) is 0 Å². The molecule has 0 aliphatic rings. The van der Waals surface area contributed by atoms with Crippen LogP contribution in [0, 0.1) is 5.82 Å². The van der Waals surface area contributed by atoms with Crippen molar-refractivity contribution >= 4 is 17.7 Å². The predicted molar refractivity (Wildman–Crippen MR) is 69.9 cm³/mol. The lowest BCUT2D eigenvalue weighted by molar-refractivity contribution is -0.142. The quantitative estimate of drug-likeness (QED) is 0.808. The van der Waals surface area contributed by atoms with Crippen molar-refractivity contribution in [2.45, 2.75) is 24.7 Å². The molecule has 5 heteroatoms. The summed E-state index contributed by atoms with van der Waals surface area (Å²) in [4.78, 5) is 10.9. The highest BCUT2D eigenvalue weighted by atomic mass is 32.2. The van der Waals surface area contributed by atoms with E-state index in [1.165, 1.54) is 31.0 Å². The molecule has 1 aromatic carbocycles. The predicted octanol–water partition coefficient (Wildman–Crippen LogP) is 2.54. The zero-order valence-electron chi connectivity index (χ0n) is 10.4. The minimum atomic E-state index is -0.717. The number of aliphatic hydroxyl groups is 1. The van der Waals surface area contributed by atoms with Gasteiger partial charge in [0.05, 0.1) is 19.6 Å². The van der Waals surface area contributed by atoms with Gasteiger partial charge in [-0.3, -0.25) is 4.79 Å². The lowest BCUT2D eigenvalue weighted by Gasteiger charge is -2.14. The monoisotopic (exact) mass is 272 g/mol. The lowest BCUT2D eigenvalue weighted by Crippen LogP contribution is -2.17. The fraction of sp³-hybridized carbons (Fsp3) is 0.462. The SMILES string of the molecule is COC(=O)C[C@@H](O)CSC(C)c1ccc(F)cc1. The smallest absolute Gasteiger partial charge is 0.308 e. The number of halogens is 1. The van der Waals surface area contributed by atoms with Crippen LogP contribution in [0.5, 0.6) is 0 Å². The molecule has 0 amide bonds. The zero-order chi connectivity index (χ0) is 13.5. The van der Waals surface area contributed by atoms with Gasteiger partial charge in [0, 0.05) is 11.0 Å². The van der Waals surface area contributed by atoms with Crippen molar-refractivity contribution < 1.29 is 19.0 Å². The summed E-state index contributed by atoms with van der Waals surface area (Å²) in [6.07, 6.45) is -0.718. The highest BCUT2D eigenvalue weighted by molar-refractivity contribution is 7.99. The van der Waals surface area contributed by atoms with Crippen molar-refractivity contribution in [3.63, 3.8) is 0 Å². The second-order valence-corrected chi connectivity index (χ2v) is 5.33. The Balaban J connectivity index is 2.38. The van der Waals surface area contributed by atoms with Gasteiger partial charge in [0.2, 0.25) is 0 Å². The third kappa shape index (κ3) is 5.06.